The van der Waals surface area contributed by atoms with Crippen molar-refractivity contribution in [3.8, 4) is 0 Å². The van der Waals surface area contributed by atoms with E-state index in [1.54, 1.807) is 0 Å². The van der Waals surface area contributed by atoms with Crippen LogP contribution in [0.1, 0.15) is 89.9 Å². The summed E-state index contributed by atoms with van der Waals surface area (Å²) >= 11 is 0. The second kappa shape index (κ2) is 11.6. The first-order valence-corrected chi connectivity index (χ1v) is 14.7. The molecule has 5 rings (SSSR count). The molecule has 1 saturated heterocycles. The minimum Gasteiger partial charge on any atom is -0.481 e. The summed E-state index contributed by atoms with van der Waals surface area (Å²) in [6.45, 7) is 14.2. The van der Waals surface area contributed by atoms with Crippen LogP contribution in [0.5, 0.6) is 0 Å². The summed E-state index contributed by atoms with van der Waals surface area (Å²) < 4.78 is 5.13. The molecule has 2 aromatic rings. The number of hydrogen-bond acceptors (Lipinski definition) is 5. The van der Waals surface area contributed by atoms with Crippen LogP contribution < -0.4 is 5.32 Å². The molecule has 8 nitrogen and oxygen atoms in total. The molecule has 0 amide bonds. The number of methoxy groups -OCH3 is 1. The Balaban J connectivity index is 1.84. The number of rotatable bonds is 6. The third kappa shape index (κ3) is 5.05. The lowest BCUT2D eigenvalue weighted by molar-refractivity contribution is -0.142. The number of aromatic nitrogens is 2. The van der Waals surface area contributed by atoms with Crippen LogP contribution in [0.15, 0.2) is 41.3 Å². The Hall–Kier alpha value is -4.59. The molecular weight excluding hydrogens is 542 g/mol. The average Bonchev–Trinajstić information content (AvgIpc) is 3.65. The number of aromatic amines is 2. The molecule has 2 aliphatic heterocycles. The largest absolute Gasteiger partial charge is 0.481 e. The van der Waals surface area contributed by atoms with Gasteiger partial charge in [0.05, 0.1) is 12.8 Å². The smallest absolute Gasteiger partial charge is 0.321 e. The van der Waals surface area contributed by atoms with Crippen LogP contribution in [0.25, 0.3) is 29.9 Å². The van der Waals surface area contributed by atoms with E-state index < -0.39 is 17.9 Å². The molecule has 8 heteroatoms. The third-order valence-corrected chi connectivity index (χ3v) is 9.21. The highest BCUT2D eigenvalue weighted by Crippen LogP contribution is 2.48. The maximum absolute atomic E-state index is 13.9. The number of fused-ring (bicyclic) bond motifs is 5. The van der Waals surface area contributed by atoms with E-state index in [4.69, 9.17) is 4.74 Å². The van der Waals surface area contributed by atoms with Crippen molar-refractivity contribution in [2.45, 2.75) is 53.9 Å². The highest BCUT2D eigenvalue weighted by molar-refractivity contribution is 6.24. The van der Waals surface area contributed by atoms with Gasteiger partial charge in [-0.2, -0.15) is 0 Å². The monoisotopic (exact) mass is 581 g/mol. The number of carboxylic acids is 1. The van der Waals surface area contributed by atoms with Gasteiger partial charge in [-0.05, 0) is 74.1 Å². The van der Waals surface area contributed by atoms with Crippen molar-refractivity contribution in [1.82, 2.24) is 15.3 Å². The highest BCUT2D eigenvalue weighted by Gasteiger charge is 2.48. The second-order valence-corrected chi connectivity index (χ2v) is 11.5. The Kier molecular flexibility index (Phi) is 8.06. The Morgan fingerprint density at radius 1 is 1.05 bits per heavy atom. The minimum absolute atomic E-state index is 0.0508. The summed E-state index contributed by atoms with van der Waals surface area (Å²) in [5.74, 6) is -3.38. The maximum Gasteiger partial charge on any atom is 0.321 e. The van der Waals surface area contributed by atoms with E-state index in [1.807, 2.05) is 39.0 Å². The maximum atomic E-state index is 13.9. The van der Waals surface area contributed by atoms with Crippen molar-refractivity contribution in [3.63, 3.8) is 0 Å². The van der Waals surface area contributed by atoms with Gasteiger partial charge in [0.2, 0.25) is 0 Å². The van der Waals surface area contributed by atoms with Gasteiger partial charge in [-0.3, -0.25) is 14.4 Å². The molecule has 1 fully saturated rings. The number of carboxylic acid groups (broad SMARTS) is 1. The predicted octanol–water partition coefficient (Wildman–Crippen LogP) is 6.83. The number of aliphatic carboxylic acids is 1. The van der Waals surface area contributed by atoms with Gasteiger partial charge in [0.15, 0.2) is 5.78 Å². The molecule has 1 aliphatic carbocycles. The molecule has 3 aliphatic rings. The summed E-state index contributed by atoms with van der Waals surface area (Å²) in [5.41, 5.74) is 10.8. The lowest BCUT2D eigenvalue weighted by Crippen LogP contribution is -2.25. The van der Waals surface area contributed by atoms with Crippen molar-refractivity contribution in [1.29, 1.82) is 0 Å². The number of nitrogens with one attached hydrogen (secondary N) is 3. The molecule has 224 valence electrons. The van der Waals surface area contributed by atoms with E-state index in [2.05, 4.69) is 53.9 Å². The summed E-state index contributed by atoms with van der Waals surface area (Å²) in [4.78, 5) is 45.8. The number of carbonyl (C=O) groups excluding carboxylic acids is 2. The van der Waals surface area contributed by atoms with Crippen LogP contribution in [-0.4, -0.2) is 39.9 Å². The number of esters is 1. The van der Waals surface area contributed by atoms with Crippen LogP contribution in [0.2, 0.25) is 0 Å². The van der Waals surface area contributed by atoms with Crippen molar-refractivity contribution < 1.29 is 24.2 Å². The van der Waals surface area contributed by atoms with Gasteiger partial charge in [0, 0.05) is 63.4 Å². The molecule has 0 radical (unpaired) electrons. The van der Waals surface area contributed by atoms with Crippen LogP contribution in [0.4, 0.5) is 0 Å². The summed E-state index contributed by atoms with van der Waals surface area (Å²) in [5, 5.41) is 13.1. The van der Waals surface area contributed by atoms with Crippen molar-refractivity contribution >= 4 is 47.6 Å². The topological polar surface area (TPSA) is 124 Å². The molecule has 0 aromatic carbocycles. The minimum atomic E-state index is -1.14. The fraction of sp³-hybridized carbons (Fsp3) is 0.343. The van der Waals surface area contributed by atoms with E-state index >= 15 is 0 Å². The van der Waals surface area contributed by atoms with Gasteiger partial charge in [0.1, 0.15) is 5.92 Å². The van der Waals surface area contributed by atoms with E-state index in [1.165, 1.54) is 7.11 Å². The van der Waals surface area contributed by atoms with Gasteiger partial charge in [0.25, 0.3) is 0 Å². The first-order chi connectivity index (χ1) is 20.5. The van der Waals surface area contributed by atoms with Gasteiger partial charge >= 0.3 is 11.9 Å². The van der Waals surface area contributed by atoms with E-state index in [-0.39, 0.29) is 24.0 Å². The lowest BCUT2D eigenvalue weighted by atomic mass is 9.85. The first kappa shape index (κ1) is 29.9. The molecule has 0 spiro atoms. The SMILES string of the molecule is C=Cc1c2[nH]c(c1C)/C=C1\N/C(=C3\c4[nH]c(c(C)c4C(=O)[C@@H]3C(=O)OC)/C=C/C(CC)=C(C)\C=C\2)[C@@H](CCC(=O)O)[C@@H]1C. The van der Waals surface area contributed by atoms with Crippen LogP contribution in [0, 0.1) is 31.6 Å². The molecule has 2 aromatic heterocycles. The third-order valence-electron chi connectivity index (χ3n) is 9.21. The van der Waals surface area contributed by atoms with Gasteiger partial charge in [-0.1, -0.05) is 38.7 Å². The number of Topliss-reactive ketones (excluding diaryl/α,β-unsaturated/α-hetero) is 1. The van der Waals surface area contributed by atoms with E-state index in [0.29, 0.717) is 28.9 Å². The average molecular weight is 582 g/mol. The normalized spacial score (nSPS) is 27.3. The fourth-order valence-corrected chi connectivity index (χ4v) is 6.65. The number of allylic oxidation sites excluding steroid dienone is 6. The van der Waals surface area contributed by atoms with E-state index in [9.17, 15) is 19.5 Å². The molecule has 4 N–H and O–H groups in total. The molecule has 43 heavy (non-hydrogen) atoms. The van der Waals surface area contributed by atoms with E-state index in [0.717, 1.165) is 57.0 Å². The van der Waals surface area contributed by atoms with Crippen LogP contribution >= 0.6 is 0 Å². The molecule has 0 saturated carbocycles. The standard InChI is InChI=1S/C35H39N3O5/c1-8-21-11-14-24-20(6)29-33(37-24)30(31(34(29)41)35(42)43-7)32-23(12-15-28(39)40)19(5)27(38-32)16-26-18(4)22(9-2)25(36-26)13-10-17(21)3/h9-11,13-14,16,19,23,31,36-38H,2,8,12,15H2,1,3-7H3,(H,39,40)/b13-10+,14-11+,21-17-,27-16-,32-30-/t19-,23-,31+/m0/s1. The Labute approximate surface area is 252 Å². The van der Waals surface area contributed by atoms with Crippen LogP contribution in [-0.2, 0) is 14.3 Å². The van der Waals surface area contributed by atoms with Crippen molar-refractivity contribution in [3.05, 3.63) is 86.3 Å². The zero-order chi connectivity index (χ0) is 31.2. The number of ketones is 1. The van der Waals surface area contributed by atoms with Crippen LogP contribution in [0.3, 0.4) is 0 Å². The quantitative estimate of drug-likeness (QED) is 0.219. The summed E-state index contributed by atoms with van der Waals surface area (Å²) in [6, 6.07) is 0. The Morgan fingerprint density at radius 2 is 1.77 bits per heavy atom. The molecule has 6 bridgehead atoms. The van der Waals surface area contributed by atoms with Gasteiger partial charge < -0.3 is 25.1 Å². The Morgan fingerprint density at radius 3 is 2.42 bits per heavy atom. The van der Waals surface area contributed by atoms with Gasteiger partial charge in [-0.15, -0.1) is 0 Å². The molecular formula is C35H39N3O5. The Bertz CT molecular complexity index is 1700. The predicted molar refractivity (Wildman–Crippen MR) is 170 cm³/mol. The first-order valence-electron chi connectivity index (χ1n) is 14.7. The van der Waals surface area contributed by atoms with Gasteiger partial charge in [-0.25, -0.2) is 0 Å². The van der Waals surface area contributed by atoms with Crippen molar-refractivity contribution in [2.75, 3.05) is 7.11 Å². The number of H-pyrrole nitrogens is 2. The fourth-order valence-electron chi connectivity index (χ4n) is 6.65. The summed E-state index contributed by atoms with van der Waals surface area (Å²) in [7, 11) is 1.28. The summed E-state index contributed by atoms with van der Waals surface area (Å²) in [6.07, 6.45) is 13.2. The zero-order valence-corrected chi connectivity index (χ0v) is 25.6. The number of hydrogen-bond donors (Lipinski definition) is 4. The molecule has 4 heterocycles. The number of ether oxygens (including phenoxy) is 1. The molecule has 0 unspecified atom stereocenters. The lowest BCUT2D eigenvalue weighted by Gasteiger charge is -2.19. The molecule has 3 atom stereocenters. The van der Waals surface area contributed by atoms with Crippen molar-refractivity contribution in [2.24, 2.45) is 17.8 Å². The highest BCUT2D eigenvalue weighted by atomic mass is 16.5. The number of carbonyl (C=O) groups is 3. The second-order valence-electron chi connectivity index (χ2n) is 11.5. The zero-order valence-electron chi connectivity index (χ0n) is 25.6.